The second-order valence-electron chi connectivity index (χ2n) is 7.06. The van der Waals surface area contributed by atoms with Gasteiger partial charge in [-0.2, -0.15) is 0 Å². The summed E-state index contributed by atoms with van der Waals surface area (Å²) in [7, 11) is 0. The summed E-state index contributed by atoms with van der Waals surface area (Å²) < 4.78 is 3.40. The van der Waals surface area contributed by atoms with Crippen LogP contribution in [0.5, 0.6) is 0 Å². The molecule has 0 aromatic heterocycles. The Morgan fingerprint density at radius 2 is 1.00 bits per heavy atom. The van der Waals surface area contributed by atoms with E-state index < -0.39 is 21.1 Å². The number of hydrogen-bond acceptors (Lipinski definition) is 0. The molecule has 0 fully saturated rings. The average Bonchev–Trinajstić information content (AvgIpc) is 2.65. The Bertz CT molecular complexity index is 549. The van der Waals surface area contributed by atoms with E-state index in [2.05, 4.69) is 62.4 Å². The maximum atomic E-state index is 2.41. The van der Waals surface area contributed by atoms with E-state index in [1.54, 1.807) is 18.3 Å². The molecular weight excluding hydrogens is 407 g/mol. The van der Waals surface area contributed by atoms with Crippen LogP contribution in [0.4, 0.5) is 0 Å². The third-order valence-electron chi connectivity index (χ3n) is 4.90. The van der Waals surface area contributed by atoms with Gasteiger partial charge in [-0.25, -0.2) is 0 Å². The van der Waals surface area contributed by atoms with Crippen LogP contribution in [-0.2, 0) is 12.8 Å². The van der Waals surface area contributed by atoms with Crippen LogP contribution in [0, 0.1) is 0 Å². The standard InChI is InChI=1S/2C12H17.Sn/c2*1-2-3-4-6-9-12-10-7-5-8-11-12;/h2*5,7-8,10H,2-4,6,9H2,1H3;/q;;+2. The van der Waals surface area contributed by atoms with Gasteiger partial charge in [-0.1, -0.05) is 0 Å². The van der Waals surface area contributed by atoms with Crippen LogP contribution in [0.2, 0.25) is 0 Å². The summed E-state index contributed by atoms with van der Waals surface area (Å²) in [5.74, 6) is 0. The molecule has 2 aromatic carbocycles. The Hall–Kier alpha value is -0.761. The van der Waals surface area contributed by atoms with Gasteiger partial charge in [0.1, 0.15) is 0 Å². The van der Waals surface area contributed by atoms with Gasteiger partial charge in [-0.3, -0.25) is 0 Å². The second-order valence-corrected chi connectivity index (χ2v) is 10.8. The fraction of sp³-hybridized carbons (Fsp3) is 0.500. The molecule has 0 heterocycles. The molecule has 2 aromatic rings. The molecule has 0 spiro atoms. The van der Waals surface area contributed by atoms with Gasteiger partial charge in [0.25, 0.3) is 0 Å². The minimum atomic E-state index is -0.698. The van der Waals surface area contributed by atoms with Crippen LogP contribution in [0.3, 0.4) is 0 Å². The van der Waals surface area contributed by atoms with Gasteiger partial charge in [0.05, 0.1) is 0 Å². The Balaban J connectivity index is 2.01. The van der Waals surface area contributed by atoms with E-state index in [1.807, 2.05) is 0 Å². The molecular formula is C24H34Sn+2. The summed E-state index contributed by atoms with van der Waals surface area (Å²) in [4.78, 5) is 0. The van der Waals surface area contributed by atoms with E-state index in [0.29, 0.717) is 0 Å². The van der Waals surface area contributed by atoms with Gasteiger partial charge in [-0.05, 0) is 0 Å². The molecule has 0 aliphatic rings. The first-order valence-electron chi connectivity index (χ1n) is 10.3. The first-order valence-corrected chi connectivity index (χ1v) is 13.1. The van der Waals surface area contributed by atoms with Crippen LogP contribution in [0.1, 0.15) is 76.3 Å². The van der Waals surface area contributed by atoms with Gasteiger partial charge < -0.3 is 0 Å². The molecule has 0 aliphatic heterocycles. The summed E-state index contributed by atoms with van der Waals surface area (Å²) in [6.45, 7) is 4.58. The van der Waals surface area contributed by atoms with Crippen LogP contribution in [0.25, 0.3) is 0 Å². The zero-order chi connectivity index (χ0) is 17.7. The van der Waals surface area contributed by atoms with Crippen molar-refractivity contribution in [1.29, 1.82) is 0 Å². The van der Waals surface area contributed by atoms with Crippen molar-refractivity contribution in [2.75, 3.05) is 0 Å². The zero-order valence-electron chi connectivity index (χ0n) is 16.2. The SMILES string of the molecule is CCCCCCc1cccc[c]1[Sn+2][c]1ccccc1CCCCCC. The van der Waals surface area contributed by atoms with Crippen molar-refractivity contribution >= 4 is 28.3 Å². The molecule has 0 atom stereocenters. The first kappa shape index (κ1) is 20.5. The minimum absolute atomic E-state index is 0.698. The van der Waals surface area contributed by atoms with Crippen LogP contribution in [0.15, 0.2) is 48.5 Å². The topological polar surface area (TPSA) is 0 Å². The zero-order valence-corrected chi connectivity index (χ0v) is 19.0. The van der Waals surface area contributed by atoms with Gasteiger partial charge in [-0.15, -0.1) is 0 Å². The molecule has 0 radical (unpaired) electrons. The van der Waals surface area contributed by atoms with E-state index in [0.717, 1.165) is 0 Å². The van der Waals surface area contributed by atoms with Crippen molar-refractivity contribution in [3.05, 3.63) is 59.7 Å². The predicted molar refractivity (Wildman–Crippen MR) is 114 cm³/mol. The normalized spacial score (nSPS) is 10.6. The summed E-state index contributed by atoms with van der Waals surface area (Å²) in [6.07, 6.45) is 13.4. The van der Waals surface area contributed by atoms with Crippen LogP contribution >= 0.6 is 0 Å². The quantitative estimate of drug-likeness (QED) is 0.298. The van der Waals surface area contributed by atoms with Gasteiger partial charge >= 0.3 is 166 Å². The number of aryl methyl sites for hydroxylation is 2. The summed E-state index contributed by atoms with van der Waals surface area (Å²) in [5.41, 5.74) is 3.26. The maximum absolute atomic E-state index is 2.41. The molecule has 0 aliphatic carbocycles. The third kappa shape index (κ3) is 7.56. The first-order chi connectivity index (χ1) is 12.3. The van der Waals surface area contributed by atoms with E-state index in [9.17, 15) is 0 Å². The fourth-order valence-electron chi connectivity index (χ4n) is 3.35. The number of unbranched alkanes of at least 4 members (excludes halogenated alkanes) is 6. The fourth-order valence-corrected chi connectivity index (χ4v) is 7.31. The molecule has 1 heteroatoms. The molecule has 2 rings (SSSR count). The summed E-state index contributed by atoms with van der Waals surface area (Å²) >= 11 is -0.698. The molecule has 0 amide bonds. The average molecular weight is 441 g/mol. The van der Waals surface area contributed by atoms with Crippen molar-refractivity contribution in [1.82, 2.24) is 0 Å². The molecule has 132 valence electrons. The van der Waals surface area contributed by atoms with Crippen LogP contribution in [-0.4, -0.2) is 21.1 Å². The summed E-state index contributed by atoms with van der Waals surface area (Å²) in [6, 6.07) is 18.5. The van der Waals surface area contributed by atoms with Gasteiger partial charge in [0.15, 0.2) is 0 Å². The Morgan fingerprint density at radius 1 is 0.560 bits per heavy atom. The molecule has 0 saturated heterocycles. The van der Waals surface area contributed by atoms with E-state index in [4.69, 9.17) is 0 Å². The van der Waals surface area contributed by atoms with Crippen molar-refractivity contribution in [3.63, 3.8) is 0 Å². The van der Waals surface area contributed by atoms with Crippen molar-refractivity contribution < 1.29 is 0 Å². The molecule has 0 saturated carbocycles. The second kappa shape index (κ2) is 12.6. The van der Waals surface area contributed by atoms with Crippen molar-refractivity contribution in [3.8, 4) is 0 Å². The predicted octanol–water partition coefficient (Wildman–Crippen LogP) is 5.59. The molecule has 0 unspecified atom stereocenters. The van der Waals surface area contributed by atoms with E-state index in [1.165, 1.54) is 64.2 Å². The molecule has 0 N–H and O–H groups in total. The van der Waals surface area contributed by atoms with Gasteiger partial charge in [0.2, 0.25) is 0 Å². The van der Waals surface area contributed by atoms with Gasteiger partial charge in [0, 0.05) is 0 Å². The monoisotopic (exact) mass is 442 g/mol. The summed E-state index contributed by atoms with van der Waals surface area (Å²) in [5, 5.41) is 0. The van der Waals surface area contributed by atoms with Crippen molar-refractivity contribution in [2.45, 2.75) is 78.1 Å². The Morgan fingerprint density at radius 3 is 1.44 bits per heavy atom. The Kier molecular flexibility index (Phi) is 10.3. The molecule has 0 bridgehead atoms. The number of hydrogen-bond donors (Lipinski definition) is 0. The Labute approximate surface area is 165 Å². The number of rotatable bonds is 12. The van der Waals surface area contributed by atoms with E-state index in [-0.39, 0.29) is 0 Å². The molecule has 0 nitrogen and oxygen atoms in total. The third-order valence-corrected chi connectivity index (χ3v) is 9.23. The van der Waals surface area contributed by atoms with Crippen molar-refractivity contribution in [2.24, 2.45) is 0 Å². The van der Waals surface area contributed by atoms with Crippen LogP contribution < -0.4 is 7.16 Å². The molecule has 25 heavy (non-hydrogen) atoms. The number of benzene rings is 2. The van der Waals surface area contributed by atoms with E-state index >= 15 is 0 Å².